The van der Waals surface area contributed by atoms with E-state index in [2.05, 4.69) is 29.7 Å². The van der Waals surface area contributed by atoms with Crippen molar-refractivity contribution in [2.75, 3.05) is 13.2 Å². The normalized spacial score (nSPS) is 22.8. The maximum atomic E-state index is 12.2. The first kappa shape index (κ1) is 23.3. The third kappa shape index (κ3) is 5.54. The highest BCUT2D eigenvalue weighted by Gasteiger charge is 2.42. The third-order valence-electron chi connectivity index (χ3n) is 5.31. The Balaban J connectivity index is 0.00000300. The Morgan fingerprint density at radius 1 is 1.34 bits per heavy atom. The van der Waals surface area contributed by atoms with Crippen LogP contribution >= 0.6 is 12.4 Å². The van der Waals surface area contributed by atoms with Crippen LogP contribution in [0.4, 0.5) is 0 Å². The maximum Gasteiger partial charge on any atom is 0.239 e. The minimum absolute atomic E-state index is 0. The number of carbonyl (C=O) groups excluding carboxylic acids is 2. The fraction of sp³-hybridized carbons (Fsp3) is 0.619. The molecule has 1 aromatic rings. The summed E-state index contributed by atoms with van der Waals surface area (Å²) in [6.45, 7) is 8.29. The van der Waals surface area contributed by atoms with E-state index in [1.807, 2.05) is 20.8 Å². The van der Waals surface area contributed by atoms with Crippen molar-refractivity contribution in [2.24, 2.45) is 11.7 Å². The molecule has 1 fully saturated rings. The van der Waals surface area contributed by atoms with Crippen molar-refractivity contribution >= 4 is 24.2 Å². The van der Waals surface area contributed by atoms with Gasteiger partial charge in [-0.05, 0) is 38.3 Å². The van der Waals surface area contributed by atoms with E-state index in [9.17, 15) is 9.59 Å². The van der Waals surface area contributed by atoms with Gasteiger partial charge in [0.25, 0.3) is 0 Å². The number of ether oxygens (including phenoxy) is 2. The zero-order valence-electron chi connectivity index (χ0n) is 17.5. The molecule has 29 heavy (non-hydrogen) atoms. The van der Waals surface area contributed by atoms with Crippen molar-refractivity contribution < 1.29 is 19.1 Å². The van der Waals surface area contributed by atoms with Gasteiger partial charge in [0.1, 0.15) is 17.6 Å². The zero-order valence-corrected chi connectivity index (χ0v) is 18.3. The standard InChI is InChI=1S/C21H31N3O4.ClH/c1-5-27-18-7-13-6-12(4)28-17(13)9-15(18)14-8-16(14)24-19(25)10-23-21(26)20(22)11(2)3;/h7,9,11-12,14,16,20H,5-6,8,10,22H2,1-4H3,(H,23,26)(H,24,25);1H/t12?,14?,16?,20-;/m0./s1. The minimum atomic E-state index is -0.607. The molecule has 3 rings (SSSR count). The van der Waals surface area contributed by atoms with Gasteiger partial charge in [0.2, 0.25) is 11.8 Å². The number of fused-ring (bicyclic) bond motifs is 1. The quantitative estimate of drug-likeness (QED) is 0.590. The first-order chi connectivity index (χ1) is 13.3. The number of benzene rings is 1. The molecule has 4 N–H and O–H groups in total. The second-order valence-electron chi connectivity index (χ2n) is 8.07. The fourth-order valence-electron chi connectivity index (χ4n) is 3.57. The van der Waals surface area contributed by atoms with Gasteiger partial charge in [0.15, 0.2) is 0 Å². The second-order valence-corrected chi connectivity index (χ2v) is 8.07. The summed E-state index contributed by atoms with van der Waals surface area (Å²) in [5, 5.41) is 5.58. The Morgan fingerprint density at radius 2 is 2.07 bits per heavy atom. The number of nitrogens with one attached hydrogen (secondary N) is 2. The first-order valence-electron chi connectivity index (χ1n) is 10.1. The monoisotopic (exact) mass is 425 g/mol. The molecule has 8 heteroatoms. The molecule has 0 saturated heterocycles. The highest BCUT2D eigenvalue weighted by molar-refractivity contribution is 5.87. The van der Waals surface area contributed by atoms with Crippen molar-refractivity contribution in [3.05, 3.63) is 23.3 Å². The van der Waals surface area contributed by atoms with Gasteiger partial charge >= 0.3 is 0 Å². The van der Waals surface area contributed by atoms with Crippen LogP contribution in [0.2, 0.25) is 0 Å². The molecular weight excluding hydrogens is 394 g/mol. The predicted molar refractivity (Wildman–Crippen MR) is 114 cm³/mol. The predicted octanol–water partition coefficient (Wildman–Crippen LogP) is 1.90. The number of hydrogen-bond donors (Lipinski definition) is 3. The van der Waals surface area contributed by atoms with Crippen LogP contribution in [0.15, 0.2) is 12.1 Å². The maximum absolute atomic E-state index is 12.2. The van der Waals surface area contributed by atoms with Gasteiger partial charge < -0.3 is 25.8 Å². The van der Waals surface area contributed by atoms with Crippen molar-refractivity contribution in [3.63, 3.8) is 0 Å². The van der Waals surface area contributed by atoms with Gasteiger partial charge in [-0.3, -0.25) is 9.59 Å². The number of carbonyl (C=O) groups is 2. The van der Waals surface area contributed by atoms with E-state index in [0.29, 0.717) is 6.61 Å². The summed E-state index contributed by atoms with van der Waals surface area (Å²) in [5.74, 6) is 1.50. The molecule has 3 unspecified atom stereocenters. The number of nitrogens with two attached hydrogens (primary N) is 1. The average Bonchev–Trinajstić information content (AvgIpc) is 3.29. The largest absolute Gasteiger partial charge is 0.494 e. The van der Waals surface area contributed by atoms with Crippen LogP contribution in [0, 0.1) is 5.92 Å². The Bertz CT molecular complexity index is 756. The number of rotatable bonds is 8. The van der Waals surface area contributed by atoms with Gasteiger partial charge in [0.05, 0.1) is 19.2 Å². The lowest BCUT2D eigenvalue weighted by Gasteiger charge is -2.15. The summed E-state index contributed by atoms with van der Waals surface area (Å²) in [4.78, 5) is 24.1. The van der Waals surface area contributed by atoms with E-state index >= 15 is 0 Å². The van der Waals surface area contributed by atoms with Crippen LogP contribution in [0.3, 0.4) is 0 Å². The van der Waals surface area contributed by atoms with Crippen LogP contribution in [0.5, 0.6) is 11.5 Å². The van der Waals surface area contributed by atoms with E-state index in [4.69, 9.17) is 15.2 Å². The summed E-state index contributed by atoms with van der Waals surface area (Å²) in [5.41, 5.74) is 8.03. The second kappa shape index (κ2) is 9.67. The van der Waals surface area contributed by atoms with E-state index < -0.39 is 6.04 Å². The molecule has 1 aromatic carbocycles. The fourth-order valence-corrected chi connectivity index (χ4v) is 3.57. The molecule has 162 valence electrons. The molecule has 0 aromatic heterocycles. The summed E-state index contributed by atoms with van der Waals surface area (Å²) in [6.07, 6.45) is 1.91. The molecule has 7 nitrogen and oxygen atoms in total. The van der Waals surface area contributed by atoms with Crippen molar-refractivity contribution in [1.29, 1.82) is 0 Å². The smallest absolute Gasteiger partial charge is 0.239 e. The van der Waals surface area contributed by atoms with Crippen LogP contribution in [-0.4, -0.2) is 43.2 Å². The highest BCUT2D eigenvalue weighted by atomic mass is 35.5. The molecule has 4 atom stereocenters. The molecular formula is C21H32ClN3O4. The van der Waals surface area contributed by atoms with Crippen molar-refractivity contribution in [3.8, 4) is 11.5 Å². The summed E-state index contributed by atoms with van der Waals surface area (Å²) >= 11 is 0. The Labute approximate surface area is 178 Å². The summed E-state index contributed by atoms with van der Waals surface area (Å²) in [6, 6.07) is 3.57. The molecule has 2 amide bonds. The van der Waals surface area contributed by atoms with Gasteiger partial charge in [-0.1, -0.05) is 13.8 Å². The number of amides is 2. The summed E-state index contributed by atoms with van der Waals surface area (Å²) in [7, 11) is 0. The van der Waals surface area contributed by atoms with Crippen LogP contribution in [0.1, 0.15) is 51.2 Å². The Kier molecular flexibility index (Phi) is 7.77. The van der Waals surface area contributed by atoms with Gasteiger partial charge in [-0.2, -0.15) is 0 Å². The average molecular weight is 426 g/mol. The highest BCUT2D eigenvalue weighted by Crippen LogP contribution is 2.48. The lowest BCUT2D eigenvalue weighted by Crippen LogP contribution is -2.47. The molecule has 0 radical (unpaired) electrons. The van der Waals surface area contributed by atoms with Crippen LogP contribution in [0.25, 0.3) is 0 Å². The van der Waals surface area contributed by atoms with Gasteiger partial charge in [-0.25, -0.2) is 0 Å². The molecule has 1 aliphatic carbocycles. The first-order valence-corrected chi connectivity index (χ1v) is 10.1. The number of halogens is 1. The van der Waals surface area contributed by atoms with Crippen LogP contribution < -0.4 is 25.8 Å². The van der Waals surface area contributed by atoms with E-state index in [1.54, 1.807) is 0 Å². The van der Waals surface area contributed by atoms with Gasteiger partial charge in [0, 0.05) is 29.5 Å². The van der Waals surface area contributed by atoms with Gasteiger partial charge in [-0.15, -0.1) is 12.4 Å². The van der Waals surface area contributed by atoms with Crippen LogP contribution in [-0.2, 0) is 16.0 Å². The molecule has 0 bridgehead atoms. The lowest BCUT2D eigenvalue weighted by molar-refractivity contribution is -0.127. The van der Waals surface area contributed by atoms with E-state index in [0.717, 1.165) is 29.9 Å². The Morgan fingerprint density at radius 3 is 2.72 bits per heavy atom. The topological polar surface area (TPSA) is 103 Å². The van der Waals surface area contributed by atoms with E-state index in [-0.39, 0.29) is 54.7 Å². The molecule has 1 aliphatic heterocycles. The SMILES string of the molecule is CCOc1cc2c(cc1C1CC1NC(=O)CNC(=O)[C@@H](N)C(C)C)OC(C)C2.Cl. The molecule has 1 heterocycles. The minimum Gasteiger partial charge on any atom is -0.494 e. The molecule has 1 saturated carbocycles. The molecule has 0 spiro atoms. The Hall–Kier alpha value is -1.99. The van der Waals surface area contributed by atoms with Crippen molar-refractivity contribution in [2.45, 2.75) is 64.6 Å². The number of hydrogen-bond acceptors (Lipinski definition) is 5. The molecule has 2 aliphatic rings. The lowest BCUT2D eigenvalue weighted by atomic mass is 10.0. The zero-order chi connectivity index (χ0) is 20.4. The van der Waals surface area contributed by atoms with E-state index in [1.165, 1.54) is 5.56 Å². The summed E-state index contributed by atoms with van der Waals surface area (Å²) < 4.78 is 11.7. The van der Waals surface area contributed by atoms with Crippen molar-refractivity contribution in [1.82, 2.24) is 10.6 Å². The third-order valence-corrected chi connectivity index (χ3v) is 5.31.